The van der Waals surface area contributed by atoms with Crippen LogP contribution in [0.4, 0.5) is 10.1 Å². The van der Waals surface area contributed by atoms with Gasteiger partial charge in [-0.2, -0.15) is 0 Å². The van der Waals surface area contributed by atoms with Crippen molar-refractivity contribution < 1.29 is 18.7 Å². The first-order valence-corrected chi connectivity index (χ1v) is 9.62. The van der Waals surface area contributed by atoms with Gasteiger partial charge in [0.2, 0.25) is 0 Å². The Hall–Kier alpha value is -2.73. The first kappa shape index (κ1) is 21.0. The average molecular weight is 494 g/mol. The van der Waals surface area contributed by atoms with E-state index in [1.54, 1.807) is 12.1 Å². The molecular weight excluding hydrogens is 483 g/mol. The summed E-state index contributed by atoms with van der Waals surface area (Å²) in [5.74, 6) is 0.551. The molecular formula is C20H11BrClFN2O3S. The first-order valence-electron chi connectivity index (χ1n) is 8.04. The minimum atomic E-state index is -0.760. The Morgan fingerprint density at radius 2 is 2.07 bits per heavy atom. The van der Waals surface area contributed by atoms with Crippen LogP contribution in [0.25, 0.3) is 6.08 Å². The number of nitrogens with one attached hydrogen (secondary N) is 1. The van der Waals surface area contributed by atoms with Crippen LogP contribution < -0.4 is 15.0 Å². The lowest BCUT2D eigenvalue weighted by atomic mass is 10.1. The van der Waals surface area contributed by atoms with Crippen molar-refractivity contribution in [3.8, 4) is 18.1 Å². The van der Waals surface area contributed by atoms with Gasteiger partial charge >= 0.3 is 0 Å². The number of rotatable bonds is 4. The molecule has 1 fully saturated rings. The second-order valence-corrected chi connectivity index (χ2v) is 7.36. The van der Waals surface area contributed by atoms with Gasteiger partial charge < -0.3 is 4.74 Å². The number of carbonyl (C=O) groups excluding carboxylic acids is 2. The number of thiocarbonyl (C=S) groups is 1. The van der Waals surface area contributed by atoms with Gasteiger partial charge in [-0.05, 0) is 64.1 Å². The van der Waals surface area contributed by atoms with Crippen LogP contribution >= 0.6 is 39.7 Å². The number of hydrogen-bond acceptors (Lipinski definition) is 4. The molecule has 9 heteroatoms. The number of anilines is 1. The molecule has 2 amide bonds. The Labute approximate surface area is 184 Å². The van der Waals surface area contributed by atoms with Crippen molar-refractivity contribution in [3.63, 3.8) is 0 Å². The molecule has 1 N–H and O–H groups in total. The van der Waals surface area contributed by atoms with E-state index in [2.05, 4.69) is 27.2 Å². The summed E-state index contributed by atoms with van der Waals surface area (Å²) in [7, 11) is 0. The molecule has 2 aromatic carbocycles. The van der Waals surface area contributed by atoms with Crippen LogP contribution in [-0.2, 0) is 9.59 Å². The lowest BCUT2D eigenvalue weighted by Crippen LogP contribution is -2.54. The summed E-state index contributed by atoms with van der Waals surface area (Å²) in [6.45, 7) is 0.0225. The van der Waals surface area contributed by atoms with E-state index in [0.717, 1.165) is 4.90 Å². The summed E-state index contributed by atoms with van der Waals surface area (Å²) in [6, 6.07) is 8.73. The van der Waals surface area contributed by atoms with E-state index in [1.165, 1.54) is 30.3 Å². The fourth-order valence-corrected chi connectivity index (χ4v) is 3.85. The van der Waals surface area contributed by atoms with Crippen molar-refractivity contribution >= 4 is 68.4 Å². The summed E-state index contributed by atoms with van der Waals surface area (Å²) < 4.78 is 20.0. The molecule has 0 spiro atoms. The molecule has 1 saturated heterocycles. The molecule has 1 heterocycles. The van der Waals surface area contributed by atoms with Crippen molar-refractivity contribution in [1.29, 1.82) is 0 Å². The Morgan fingerprint density at radius 1 is 1.34 bits per heavy atom. The lowest BCUT2D eigenvalue weighted by molar-refractivity contribution is -0.122. The van der Waals surface area contributed by atoms with Crippen molar-refractivity contribution in [2.45, 2.75) is 0 Å². The first-order chi connectivity index (χ1) is 13.8. The van der Waals surface area contributed by atoms with Gasteiger partial charge in [-0.3, -0.25) is 14.9 Å². The van der Waals surface area contributed by atoms with E-state index in [-0.39, 0.29) is 28.0 Å². The molecule has 29 heavy (non-hydrogen) atoms. The maximum atomic E-state index is 14.2. The fraction of sp³-hybridized carbons (Fsp3) is 0.0500. The molecule has 0 unspecified atom stereocenters. The van der Waals surface area contributed by atoms with Crippen LogP contribution in [0.15, 0.2) is 46.4 Å². The molecule has 1 aliphatic rings. The highest BCUT2D eigenvalue weighted by Gasteiger charge is 2.35. The zero-order chi connectivity index (χ0) is 21.1. The number of nitrogens with zero attached hydrogens (tertiary/aromatic N) is 1. The number of carbonyl (C=O) groups is 2. The summed E-state index contributed by atoms with van der Waals surface area (Å²) in [5.41, 5.74) is 0.141. The molecule has 0 aliphatic carbocycles. The minimum Gasteiger partial charge on any atom is -0.478 e. The van der Waals surface area contributed by atoms with Gasteiger partial charge in [0.15, 0.2) is 10.9 Å². The van der Waals surface area contributed by atoms with Crippen LogP contribution in [-0.4, -0.2) is 23.5 Å². The topological polar surface area (TPSA) is 58.6 Å². The van der Waals surface area contributed by atoms with E-state index in [1.807, 2.05) is 0 Å². The lowest BCUT2D eigenvalue weighted by Gasteiger charge is -2.29. The molecule has 2 aromatic rings. The Bertz CT molecular complexity index is 1090. The Balaban J connectivity index is 2.01. The van der Waals surface area contributed by atoms with Crippen LogP contribution in [0.1, 0.15) is 5.56 Å². The highest BCUT2D eigenvalue weighted by Crippen LogP contribution is 2.35. The molecule has 5 nitrogen and oxygen atoms in total. The van der Waals surface area contributed by atoms with Crippen molar-refractivity contribution in [2.75, 3.05) is 11.5 Å². The largest absolute Gasteiger partial charge is 0.478 e. The maximum Gasteiger partial charge on any atom is 0.270 e. The van der Waals surface area contributed by atoms with Gasteiger partial charge in [-0.15, -0.1) is 6.42 Å². The van der Waals surface area contributed by atoms with Crippen LogP contribution in [0, 0.1) is 18.2 Å². The molecule has 0 bridgehead atoms. The fourth-order valence-electron chi connectivity index (χ4n) is 2.59. The summed E-state index contributed by atoms with van der Waals surface area (Å²) in [5, 5.41) is 2.41. The molecule has 1 aliphatic heterocycles. The normalized spacial score (nSPS) is 15.3. The van der Waals surface area contributed by atoms with Gasteiger partial charge in [0.05, 0.1) is 15.2 Å². The molecule has 0 saturated carbocycles. The molecule has 0 atom stereocenters. The van der Waals surface area contributed by atoms with E-state index in [4.69, 9.17) is 35.0 Å². The summed E-state index contributed by atoms with van der Waals surface area (Å²) in [4.78, 5) is 26.2. The highest BCUT2D eigenvalue weighted by atomic mass is 79.9. The Kier molecular flexibility index (Phi) is 6.33. The maximum absolute atomic E-state index is 14.2. The van der Waals surface area contributed by atoms with E-state index in [9.17, 15) is 14.0 Å². The highest BCUT2D eigenvalue weighted by molar-refractivity contribution is 9.10. The molecule has 0 aromatic heterocycles. The average Bonchev–Trinajstić information content (AvgIpc) is 2.66. The quantitative estimate of drug-likeness (QED) is 0.302. The predicted octanol–water partition coefficient (Wildman–Crippen LogP) is 4.08. The van der Waals surface area contributed by atoms with E-state index < -0.39 is 17.6 Å². The summed E-state index contributed by atoms with van der Waals surface area (Å²) >= 11 is 14.6. The second kappa shape index (κ2) is 8.74. The monoisotopic (exact) mass is 492 g/mol. The smallest absolute Gasteiger partial charge is 0.270 e. The second-order valence-electron chi connectivity index (χ2n) is 5.72. The van der Waals surface area contributed by atoms with Crippen molar-refractivity contribution in [1.82, 2.24) is 5.32 Å². The zero-order valence-corrected chi connectivity index (χ0v) is 17.7. The molecule has 146 valence electrons. The third kappa shape index (κ3) is 4.32. The number of halogens is 3. The SMILES string of the molecule is C#CCOc1c(Cl)cc(/C=C2\C(=O)NC(=S)N(c3ccccc3F)C2=O)cc1Br. The molecule has 3 rings (SSSR count). The van der Waals surface area contributed by atoms with Crippen LogP contribution in [0.5, 0.6) is 5.75 Å². The third-order valence-electron chi connectivity index (χ3n) is 3.83. The number of ether oxygens (including phenoxy) is 1. The minimum absolute atomic E-state index is 0.0225. The van der Waals surface area contributed by atoms with E-state index in [0.29, 0.717) is 15.8 Å². The van der Waals surface area contributed by atoms with Gasteiger partial charge in [-0.25, -0.2) is 9.29 Å². The number of terminal acetylenes is 1. The van der Waals surface area contributed by atoms with Crippen LogP contribution in [0.2, 0.25) is 5.02 Å². The molecule has 0 radical (unpaired) electrons. The predicted molar refractivity (Wildman–Crippen MR) is 116 cm³/mol. The van der Waals surface area contributed by atoms with Gasteiger partial charge in [0.25, 0.3) is 11.8 Å². The number of hydrogen-bond donors (Lipinski definition) is 1. The summed E-state index contributed by atoms with van der Waals surface area (Å²) in [6.07, 6.45) is 6.51. The van der Waals surface area contributed by atoms with Crippen LogP contribution in [0.3, 0.4) is 0 Å². The number of amides is 2. The number of benzene rings is 2. The van der Waals surface area contributed by atoms with Gasteiger partial charge in [0.1, 0.15) is 18.0 Å². The standard InChI is InChI=1S/C20H11BrClFN2O3S/c1-2-7-28-17-13(21)9-11(10-14(17)22)8-12-18(26)24-20(29)25(19(12)27)16-6-4-3-5-15(16)23/h1,3-6,8-10H,7H2,(H,24,26,29)/b12-8+. The number of para-hydroxylation sites is 1. The van der Waals surface area contributed by atoms with Gasteiger partial charge in [-0.1, -0.05) is 29.7 Å². The third-order valence-corrected chi connectivity index (χ3v) is 4.98. The Morgan fingerprint density at radius 3 is 2.72 bits per heavy atom. The zero-order valence-electron chi connectivity index (χ0n) is 14.5. The van der Waals surface area contributed by atoms with Crippen molar-refractivity contribution in [2.24, 2.45) is 0 Å². The van der Waals surface area contributed by atoms with Crippen molar-refractivity contribution in [3.05, 3.63) is 62.8 Å². The van der Waals surface area contributed by atoms with E-state index >= 15 is 0 Å². The van der Waals surface area contributed by atoms with Gasteiger partial charge in [0, 0.05) is 0 Å².